The second-order valence-corrected chi connectivity index (χ2v) is 7.78. The van der Waals surface area contributed by atoms with Gasteiger partial charge in [0.2, 0.25) is 0 Å². The van der Waals surface area contributed by atoms with Gasteiger partial charge in [-0.3, -0.25) is 4.68 Å². The van der Waals surface area contributed by atoms with E-state index in [0.29, 0.717) is 12.5 Å². The van der Waals surface area contributed by atoms with Gasteiger partial charge in [0.25, 0.3) is 0 Å². The second kappa shape index (κ2) is 6.71. The molecule has 0 radical (unpaired) electrons. The number of hydrogen-bond donors (Lipinski definition) is 2. The number of hydrogen-bond acceptors (Lipinski definition) is 4. The highest BCUT2D eigenvalue weighted by molar-refractivity contribution is 7.99. The SMILES string of the molecule is Cn1cc(CNCC2(O)CCSC2)c(C2CCCCC2)n1. The van der Waals surface area contributed by atoms with Crippen molar-refractivity contribution in [2.75, 3.05) is 18.1 Å². The molecular formula is C16H27N3OS. The molecule has 0 aromatic carbocycles. The number of aliphatic hydroxyl groups is 1. The van der Waals surface area contributed by atoms with Crippen molar-refractivity contribution < 1.29 is 5.11 Å². The van der Waals surface area contributed by atoms with E-state index in [1.807, 2.05) is 23.5 Å². The number of rotatable bonds is 5. The van der Waals surface area contributed by atoms with Gasteiger partial charge in [-0.05, 0) is 25.0 Å². The predicted molar refractivity (Wildman–Crippen MR) is 87.6 cm³/mol. The van der Waals surface area contributed by atoms with Gasteiger partial charge in [0.1, 0.15) is 0 Å². The minimum atomic E-state index is -0.502. The number of aryl methyl sites for hydroxylation is 1. The van der Waals surface area contributed by atoms with Gasteiger partial charge in [-0.15, -0.1) is 0 Å². The largest absolute Gasteiger partial charge is 0.388 e. The molecule has 5 heteroatoms. The summed E-state index contributed by atoms with van der Waals surface area (Å²) < 4.78 is 1.95. The third kappa shape index (κ3) is 3.82. The Labute approximate surface area is 131 Å². The van der Waals surface area contributed by atoms with Gasteiger partial charge >= 0.3 is 0 Å². The Kier molecular flexibility index (Phi) is 4.92. The average Bonchev–Trinajstić information content (AvgIpc) is 3.07. The van der Waals surface area contributed by atoms with E-state index in [0.717, 1.165) is 24.5 Å². The molecule has 1 aromatic rings. The maximum absolute atomic E-state index is 10.4. The molecule has 1 saturated heterocycles. The molecule has 1 saturated carbocycles. The van der Waals surface area contributed by atoms with Crippen LogP contribution in [0, 0.1) is 0 Å². The monoisotopic (exact) mass is 309 g/mol. The van der Waals surface area contributed by atoms with Gasteiger partial charge in [0.05, 0.1) is 11.3 Å². The van der Waals surface area contributed by atoms with Crippen LogP contribution in [0.5, 0.6) is 0 Å². The lowest BCUT2D eigenvalue weighted by atomic mass is 9.85. The van der Waals surface area contributed by atoms with Crippen molar-refractivity contribution in [3.63, 3.8) is 0 Å². The van der Waals surface area contributed by atoms with Crippen LogP contribution in [-0.2, 0) is 13.6 Å². The minimum absolute atomic E-state index is 0.502. The van der Waals surface area contributed by atoms with E-state index >= 15 is 0 Å². The highest BCUT2D eigenvalue weighted by Crippen LogP contribution is 2.33. The van der Waals surface area contributed by atoms with Crippen LogP contribution >= 0.6 is 11.8 Å². The van der Waals surface area contributed by atoms with Crippen molar-refractivity contribution in [3.8, 4) is 0 Å². The highest BCUT2D eigenvalue weighted by atomic mass is 32.2. The van der Waals surface area contributed by atoms with Crippen molar-refractivity contribution in [2.45, 2.75) is 56.6 Å². The van der Waals surface area contributed by atoms with E-state index in [1.54, 1.807) is 0 Å². The van der Waals surface area contributed by atoms with E-state index < -0.39 is 5.60 Å². The molecule has 2 N–H and O–H groups in total. The normalized spacial score (nSPS) is 27.3. The lowest BCUT2D eigenvalue weighted by Gasteiger charge is -2.23. The zero-order chi connectivity index (χ0) is 14.7. The minimum Gasteiger partial charge on any atom is -0.388 e. The Morgan fingerprint density at radius 3 is 2.95 bits per heavy atom. The van der Waals surface area contributed by atoms with Crippen LogP contribution in [0.2, 0.25) is 0 Å². The van der Waals surface area contributed by atoms with E-state index in [9.17, 15) is 5.11 Å². The molecule has 0 spiro atoms. The first-order valence-corrected chi connectivity index (χ1v) is 9.35. The topological polar surface area (TPSA) is 50.1 Å². The van der Waals surface area contributed by atoms with Crippen molar-refractivity contribution >= 4 is 11.8 Å². The fourth-order valence-electron chi connectivity index (χ4n) is 3.58. The molecule has 0 amide bonds. The van der Waals surface area contributed by atoms with Gasteiger partial charge in [-0.25, -0.2) is 0 Å². The van der Waals surface area contributed by atoms with E-state index in [4.69, 9.17) is 5.10 Å². The maximum atomic E-state index is 10.4. The third-order valence-corrected chi connectivity index (χ3v) is 6.02. The van der Waals surface area contributed by atoms with Crippen molar-refractivity contribution in [3.05, 3.63) is 17.5 Å². The molecule has 4 nitrogen and oxygen atoms in total. The van der Waals surface area contributed by atoms with Crippen LogP contribution in [0.4, 0.5) is 0 Å². The van der Waals surface area contributed by atoms with Gasteiger partial charge < -0.3 is 10.4 Å². The standard InChI is InChI=1S/C16H27N3OS/c1-19-10-14(9-17-11-16(20)7-8-21-12-16)15(18-19)13-5-3-2-4-6-13/h10,13,17,20H,2-9,11-12H2,1H3. The lowest BCUT2D eigenvalue weighted by molar-refractivity contribution is 0.0674. The first-order chi connectivity index (χ1) is 10.2. The molecule has 1 aliphatic carbocycles. The Balaban J connectivity index is 1.59. The summed E-state index contributed by atoms with van der Waals surface area (Å²) in [5, 5.41) is 18.6. The van der Waals surface area contributed by atoms with Crippen LogP contribution in [0.1, 0.15) is 55.7 Å². The van der Waals surface area contributed by atoms with Crippen LogP contribution in [0.3, 0.4) is 0 Å². The molecule has 2 fully saturated rings. The molecule has 1 unspecified atom stereocenters. The molecule has 2 heterocycles. The molecule has 118 valence electrons. The molecular weight excluding hydrogens is 282 g/mol. The zero-order valence-corrected chi connectivity index (χ0v) is 13.8. The first kappa shape index (κ1) is 15.4. The summed E-state index contributed by atoms with van der Waals surface area (Å²) in [6.07, 6.45) is 9.67. The van der Waals surface area contributed by atoms with E-state index in [2.05, 4.69) is 11.5 Å². The average molecular weight is 309 g/mol. The Morgan fingerprint density at radius 1 is 1.43 bits per heavy atom. The summed E-state index contributed by atoms with van der Waals surface area (Å²) in [7, 11) is 2.01. The van der Waals surface area contributed by atoms with E-state index in [-0.39, 0.29) is 0 Å². The zero-order valence-electron chi connectivity index (χ0n) is 13.0. The quantitative estimate of drug-likeness (QED) is 0.877. The fraction of sp³-hybridized carbons (Fsp3) is 0.812. The fourth-order valence-corrected chi connectivity index (χ4v) is 4.87. The Bertz CT molecular complexity index is 462. The number of thioether (sulfide) groups is 1. The second-order valence-electron chi connectivity index (χ2n) is 6.68. The van der Waals surface area contributed by atoms with E-state index in [1.165, 1.54) is 43.4 Å². The molecule has 1 aliphatic heterocycles. The number of nitrogens with zero attached hydrogens (tertiary/aromatic N) is 2. The molecule has 2 aliphatic rings. The molecule has 0 bridgehead atoms. The van der Waals surface area contributed by atoms with Gasteiger partial charge in [0.15, 0.2) is 0 Å². The van der Waals surface area contributed by atoms with Crippen LogP contribution in [0.25, 0.3) is 0 Å². The molecule has 1 atom stereocenters. The smallest absolute Gasteiger partial charge is 0.0869 e. The number of nitrogens with one attached hydrogen (secondary N) is 1. The van der Waals surface area contributed by atoms with Gasteiger partial charge in [-0.2, -0.15) is 16.9 Å². The summed E-state index contributed by atoms with van der Waals surface area (Å²) in [5.74, 6) is 2.59. The highest BCUT2D eigenvalue weighted by Gasteiger charge is 2.31. The van der Waals surface area contributed by atoms with Gasteiger partial charge in [0, 0.05) is 43.6 Å². The summed E-state index contributed by atoms with van der Waals surface area (Å²) >= 11 is 1.85. The predicted octanol–water partition coefficient (Wildman–Crippen LogP) is 2.43. The summed E-state index contributed by atoms with van der Waals surface area (Å²) in [4.78, 5) is 0. The third-order valence-electron chi connectivity index (χ3n) is 4.78. The molecule has 21 heavy (non-hydrogen) atoms. The Hall–Kier alpha value is -0.520. The maximum Gasteiger partial charge on any atom is 0.0869 e. The summed E-state index contributed by atoms with van der Waals surface area (Å²) in [5.41, 5.74) is 2.11. The molecule has 3 rings (SSSR count). The Morgan fingerprint density at radius 2 is 2.24 bits per heavy atom. The van der Waals surface area contributed by atoms with Crippen molar-refractivity contribution in [1.82, 2.24) is 15.1 Å². The lowest BCUT2D eigenvalue weighted by Crippen LogP contribution is -2.40. The van der Waals surface area contributed by atoms with Gasteiger partial charge in [-0.1, -0.05) is 19.3 Å². The van der Waals surface area contributed by atoms with Crippen LogP contribution in [-0.4, -0.2) is 38.5 Å². The molecule has 1 aromatic heterocycles. The van der Waals surface area contributed by atoms with Crippen LogP contribution in [0.15, 0.2) is 6.20 Å². The summed E-state index contributed by atoms with van der Waals surface area (Å²) in [6, 6.07) is 0. The van der Waals surface area contributed by atoms with Crippen molar-refractivity contribution in [1.29, 1.82) is 0 Å². The van der Waals surface area contributed by atoms with Crippen LogP contribution < -0.4 is 5.32 Å². The van der Waals surface area contributed by atoms with Crippen molar-refractivity contribution in [2.24, 2.45) is 7.05 Å². The number of aromatic nitrogens is 2. The summed E-state index contributed by atoms with van der Waals surface area (Å²) in [6.45, 7) is 1.52. The first-order valence-electron chi connectivity index (χ1n) is 8.20.